The first-order chi connectivity index (χ1) is 19.0. The van der Waals surface area contributed by atoms with Gasteiger partial charge in [0.15, 0.2) is 5.78 Å². The fraction of sp³-hybridized carbons (Fsp3) is 0.188. The van der Waals surface area contributed by atoms with E-state index in [1.807, 2.05) is 30.3 Å². The molecule has 0 aliphatic carbocycles. The van der Waals surface area contributed by atoms with Crippen LogP contribution in [0.2, 0.25) is 0 Å². The van der Waals surface area contributed by atoms with Crippen molar-refractivity contribution in [2.45, 2.75) is 13.0 Å². The Bertz CT molecular complexity index is 1600. The fourth-order valence-corrected chi connectivity index (χ4v) is 5.43. The van der Waals surface area contributed by atoms with Crippen LogP contribution in [0, 0.1) is 5.82 Å². The van der Waals surface area contributed by atoms with Crippen LogP contribution in [0.25, 0.3) is 10.8 Å². The van der Waals surface area contributed by atoms with Crippen LogP contribution >= 0.6 is 0 Å². The summed E-state index contributed by atoms with van der Waals surface area (Å²) in [5.74, 6) is -0.810. The third kappa shape index (κ3) is 4.77. The molecule has 4 aromatic carbocycles. The monoisotopic (exact) mass is 520 g/mol. The standard InChI is InChI=1S/C32H29FN4O2/c1-35(21-22-9-3-2-4-10-22)17-18-37-28-20-24-12-6-5-11-23(24)19-27(28)36-16-15-29(38)30(32(36)37)31(39)34-26-14-8-7-13-25(26)33/h2-14,19-20H,15-18,21H2,1H3,(H,34,39). The van der Waals surface area contributed by atoms with Gasteiger partial charge in [0.25, 0.3) is 5.91 Å². The largest absolute Gasteiger partial charge is 0.325 e. The summed E-state index contributed by atoms with van der Waals surface area (Å²) in [7, 11) is 2.06. The van der Waals surface area contributed by atoms with E-state index in [0.717, 1.165) is 28.7 Å². The highest BCUT2D eigenvalue weighted by molar-refractivity contribution is 6.26. The second-order valence-electron chi connectivity index (χ2n) is 10.0. The molecular formula is C32H29FN4O2. The number of hydrogen-bond acceptors (Lipinski definition) is 5. The molecule has 4 aromatic rings. The Labute approximate surface area is 226 Å². The Kier molecular flexibility index (Phi) is 6.59. The van der Waals surface area contributed by atoms with Crippen LogP contribution in [-0.2, 0) is 16.1 Å². The third-order valence-corrected chi connectivity index (χ3v) is 7.35. The van der Waals surface area contributed by atoms with Crippen LogP contribution in [0.15, 0.2) is 102 Å². The smallest absolute Gasteiger partial charge is 0.263 e. The lowest BCUT2D eigenvalue weighted by Gasteiger charge is -2.32. The lowest BCUT2D eigenvalue weighted by Crippen LogP contribution is -2.42. The summed E-state index contributed by atoms with van der Waals surface area (Å²) in [5, 5.41) is 4.82. The first-order valence-electron chi connectivity index (χ1n) is 13.1. The molecule has 0 fully saturated rings. The number of anilines is 3. The number of Topliss-reactive ketones (excluding diaryl/α,β-unsaturated/α-hetero) is 1. The van der Waals surface area contributed by atoms with Crippen LogP contribution in [0.4, 0.5) is 21.5 Å². The quantitative estimate of drug-likeness (QED) is 0.324. The average molecular weight is 521 g/mol. The molecule has 0 unspecified atom stereocenters. The molecule has 0 saturated carbocycles. The highest BCUT2D eigenvalue weighted by Crippen LogP contribution is 2.46. The number of hydrogen-bond donors (Lipinski definition) is 1. The number of amides is 1. The van der Waals surface area contributed by atoms with Gasteiger partial charge in [-0.25, -0.2) is 4.39 Å². The summed E-state index contributed by atoms with van der Waals surface area (Å²) >= 11 is 0. The van der Waals surface area contributed by atoms with Gasteiger partial charge in [-0.15, -0.1) is 0 Å². The maximum absolute atomic E-state index is 14.4. The minimum Gasteiger partial charge on any atom is -0.325 e. The number of halogens is 1. The number of carbonyl (C=O) groups is 2. The van der Waals surface area contributed by atoms with Crippen molar-refractivity contribution >= 4 is 39.5 Å². The average Bonchev–Trinajstić information content (AvgIpc) is 3.24. The summed E-state index contributed by atoms with van der Waals surface area (Å²) in [5.41, 5.74) is 3.26. The number of nitrogens with one attached hydrogen (secondary N) is 1. The first-order valence-corrected chi connectivity index (χ1v) is 13.1. The second kappa shape index (κ2) is 10.3. The molecule has 39 heavy (non-hydrogen) atoms. The molecule has 0 spiro atoms. The van der Waals surface area contributed by atoms with Crippen molar-refractivity contribution in [2.24, 2.45) is 0 Å². The molecule has 2 heterocycles. The van der Waals surface area contributed by atoms with E-state index in [1.165, 1.54) is 17.7 Å². The van der Waals surface area contributed by atoms with Crippen molar-refractivity contribution in [2.75, 3.05) is 41.8 Å². The van der Waals surface area contributed by atoms with E-state index < -0.39 is 11.7 Å². The van der Waals surface area contributed by atoms with Gasteiger partial charge in [-0.1, -0.05) is 66.7 Å². The van der Waals surface area contributed by atoms with Crippen molar-refractivity contribution in [1.29, 1.82) is 0 Å². The normalized spacial score (nSPS) is 14.7. The molecule has 2 aliphatic heterocycles. The van der Waals surface area contributed by atoms with E-state index in [0.29, 0.717) is 25.5 Å². The van der Waals surface area contributed by atoms with Crippen molar-refractivity contribution < 1.29 is 14.0 Å². The van der Waals surface area contributed by atoms with Gasteiger partial charge >= 0.3 is 0 Å². The molecule has 0 bridgehead atoms. The first kappa shape index (κ1) is 24.8. The molecule has 0 saturated heterocycles. The van der Waals surface area contributed by atoms with E-state index in [2.05, 4.69) is 63.5 Å². The van der Waals surface area contributed by atoms with Gasteiger partial charge in [0.05, 0.1) is 17.1 Å². The van der Waals surface area contributed by atoms with E-state index in [9.17, 15) is 14.0 Å². The zero-order valence-electron chi connectivity index (χ0n) is 21.7. The molecule has 1 amide bonds. The Morgan fingerprint density at radius 2 is 1.59 bits per heavy atom. The Balaban J connectivity index is 1.39. The number of carbonyl (C=O) groups excluding carboxylic acids is 2. The van der Waals surface area contributed by atoms with Crippen LogP contribution in [0.3, 0.4) is 0 Å². The van der Waals surface area contributed by atoms with Crippen LogP contribution < -0.4 is 15.1 Å². The van der Waals surface area contributed by atoms with E-state index in [4.69, 9.17) is 0 Å². The Morgan fingerprint density at radius 3 is 2.33 bits per heavy atom. The molecule has 0 atom stereocenters. The Hall–Kier alpha value is -4.49. The predicted octanol–water partition coefficient (Wildman–Crippen LogP) is 5.56. The third-order valence-electron chi connectivity index (χ3n) is 7.35. The van der Waals surface area contributed by atoms with Crippen molar-refractivity contribution in [3.05, 3.63) is 114 Å². The van der Waals surface area contributed by atoms with Crippen LogP contribution in [0.1, 0.15) is 12.0 Å². The fourth-order valence-electron chi connectivity index (χ4n) is 5.43. The molecule has 7 heteroatoms. The number of fused-ring (bicyclic) bond motifs is 4. The lowest BCUT2D eigenvalue weighted by molar-refractivity contribution is -0.120. The molecule has 6 rings (SSSR count). The highest BCUT2D eigenvalue weighted by Gasteiger charge is 2.41. The maximum atomic E-state index is 14.4. The number of ketones is 1. The van der Waals surface area contributed by atoms with Gasteiger partial charge in [-0.2, -0.15) is 0 Å². The predicted molar refractivity (Wildman–Crippen MR) is 153 cm³/mol. The zero-order valence-corrected chi connectivity index (χ0v) is 21.7. The number of rotatable bonds is 7. The van der Waals surface area contributed by atoms with Gasteiger partial charge in [0, 0.05) is 32.6 Å². The lowest BCUT2D eigenvalue weighted by atomic mass is 10.0. The molecule has 0 aromatic heterocycles. The summed E-state index contributed by atoms with van der Waals surface area (Å²) < 4.78 is 14.4. The van der Waals surface area contributed by atoms with Crippen molar-refractivity contribution in [3.63, 3.8) is 0 Å². The number of likely N-dealkylation sites (N-methyl/N-ethyl adjacent to an activating group) is 1. The summed E-state index contributed by atoms with van der Waals surface area (Å²) in [4.78, 5) is 33.2. The zero-order chi connectivity index (χ0) is 26.9. The van der Waals surface area contributed by atoms with E-state index in [-0.39, 0.29) is 23.5 Å². The maximum Gasteiger partial charge on any atom is 0.263 e. The van der Waals surface area contributed by atoms with Crippen molar-refractivity contribution in [3.8, 4) is 0 Å². The summed E-state index contributed by atoms with van der Waals surface area (Å²) in [6, 6.07) is 28.7. The van der Waals surface area contributed by atoms with E-state index in [1.54, 1.807) is 12.1 Å². The minimum atomic E-state index is -0.593. The number of para-hydroxylation sites is 1. The van der Waals surface area contributed by atoms with Gasteiger partial charge in [0.2, 0.25) is 0 Å². The number of nitrogens with zero attached hydrogens (tertiary/aromatic N) is 3. The number of benzene rings is 4. The molecule has 0 radical (unpaired) electrons. The highest BCUT2D eigenvalue weighted by atomic mass is 19.1. The molecule has 6 nitrogen and oxygen atoms in total. The van der Waals surface area contributed by atoms with Crippen LogP contribution in [0.5, 0.6) is 0 Å². The van der Waals surface area contributed by atoms with Gasteiger partial charge in [-0.3, -0.25) is 9.59 Å². The second-order valence-corrected chi connectivity index (χ2v) is 10.0. The van der Waals surface area contributed by atoms with Gasteiger partial charge < -0.3 is 20.0 Å². The van der Waals surface area contributed by atoms with Crippen LogP contribution in [-0.4, -0.2) is 43.3 Å². The topological polar surface area (TPSA) is 55.9 Å². The van der Waals surface area contributed by atoms with Gasteiger partial charge in [0.1, 0.15) is 17.2 Å². The Morgan fingerprint density at radius 1 is 0.923 bits per heavy atom. The summed E-state index contributed by atoms with van der Waals surface area (Å²) in [6.45, 7) is 2.53. The van der Waals surface area contributed by atoms with Crippen molar-refractivity contribution in [1.82, 2.24) is 4.90 Å². The molecule has 196 valence electrons. The molecule has 1 N–H and O–H groups in total. The SMILES string of the molecule is CN(CCN1C2=C(C(=O)Nc3ccccc3F)C(=O)CCN2c2cc3ccccc3cc21)Cc1ccccc1. The summed E-state index contributed by atoms with van der Waals surface area (Å²) in [6.07, 6.45) is 0.206. The van der Waals surface area contributed by atoms with E-state index >= 15 is 0 Å². The minimum absolute atomic E-state index is 0.0518. The van der Waals surface area contributed by atoms with Gasteiger partial charge in [-0.05, 0) is 47.6 Å². The molecule has 2 aliphatic rings. The molecular weight excluding hydrogens is 491 g/mol.